The highest BCUT2D eigenvalue weighted by atomic mass is 35.5. The van der Waals surface area contributed by atoms with Crippen LogP contribution >= 0.6 is 34.8 Å². The number of nitrogens with one attached hydrogen (secondary N) is 1. The summed E-state index contributed by atoms with van der Waals surface area (Å²) in [7, 11) is 0. The van der Waals surface area contributed by atoms with Gasteiger partial charge >= 0.3 is 0 Å². The van der Waals surface area contributed by atoms with Gasteiger partial charge in [0.05, 0.1) is 0 Å². The molecular weight excluding hydrogens is 317 g/mol. The molecule has 0 heterocycles. The van der Waals surface area contributed by atoms with Crippen molar-refractivity contribution in [1.82, 2.24) is 0 Å². The van der Waals surface area contributed by atoms with Crippen LogP contribution in [0, 0.1) is 0 Å². The Bertz CT molecular complexity index is 591. The van der Waals surface area contributed by atoms with Gasteiger partial charge in [0.25, 0.3) is 0 Å². The predicted octanol–water partition coefficient (Wildman–Crippen LogP) is 5.22. The van der Waals surface area contributed by atoms with E-state index in [4.69, 9.17) is 34.8 Å². The van der Waals surface area contributed by atoms with Crippen LogP contribution in [0.25, 0.3) is 0 Å². The third kappa shape index (κ3) is 4.14. The van der Waals surface area contributed by atoms with Crippen molar-refractivity contribution < 1.29 is 4.79 Å². The Labute approximate surface area is 132 Å². The van der Waals surface area contributed by atoms with E-state index in [2.05, 4.69) is 5.32 Å². The minimum atomic E-state index is -0.0942. The van der Waals surface area contributed by atoms with Crippen LogP contribution in [-0.2, 0) is 11.2 Å². The van der Waals surface area contributed by atoms with E-state index in [9.17, 15) is 4.79 Å². The number of rotatable bonds is 4. The number of halogens is 3. The second-order valence-corrected chi connectivity index (χ2v) is 5.51. The summed E-state index contributed by atoms with van der Waals surface area (Å²) < 4.78 is 0. The first-order valence-corrected chi connectivity index (χ1v) is 7.18. The number of hydrogen-bond donors (Lipinski definition) is 1. The molecule has 1 amide bonds. The van der Waals surface area contributed by atoms with Gasteiger partial charge in [0.15, 0.2) is 0 Å². The van der Waals surface area contributed by atoms with Gasteiger partial charge in [-0.05, 0) is 48.4 Å². The summed E-state index contributed by atoms with van der Waals surface area (Å²) in [5.41, 5.74) is 1.51. The number of amides is 1. The van der Waals surface area contributed by atoms with Crippen LogP contribution in [0.1, 0.15) is 12.0 Å². The molecule has 0 spiro atoms. The molecule has 0 fully saturated rings. The summed E-state index contributed by atoms with van der Waals surface area (Å²) in [5, 5.41) is 4.59. The summed E-state index contributed by atoms with van der Waals surface area (Å²) in [4.78, 5) is 11.9. The first-order chi connectivity index (χ1) is 9.56. The molecule has 0 saturated heterocycles. The number of carbonyl (C=O) groups excluding carboxylic acids is 1. The van der Waals surface area contributed by atoms with Crippen LogP contribution in [0.3, 0.4) is 0 Å². The highest BCUT2D eigenvalue weighted by Crippen LogP contribution is 2.25. The summed E-state index contributed by atoms with van der Waals surface area (Å²) in [6, 6.07) is 12.3. The van der Waals surface area contributed by atoms with E-state index in [0.29, 0.717) is 33.6 Å². The zero-order valence-corrected chi connectivity index (χ0v) is 12.8. The van der Waals surface area contributed by atoms with Crippen molar-refractivity contribution in [3.8, 4) is 0 Å². The lowest BCUT2D eigenvalue weighted by molar-refractivity contribution is -0.116. The maximum Gasteiger partial charge on any atom is 0.224 e. The summed E-state index contributed by atoms with van der Waals surface area (Å²) in [6.07, 6.45) is 0.810. The first-order valence-electron chi connectivity index (χ1n) is 6.04. The van der Waals surface area contributed by atoms with Gasteiger partial charge in [-0.1, -0.05) is 40.9 Å². The van der Waals surface area contributed by atoms with E-state index in [1.807, 2.05) is 0 Å². The van der Waals surface area contributed by atoms with E-state index >= 15 is 0 Å². The molecule has 1 N–H and O–H groups in total. The van der Waals surface area contributed by atoms with E-state index in [1.54, 1.807) is 42.5 Å². The second-order valence-electron chi connectivity index (χ2n) is 4.26. The largest absolute Gasteiger partial charge is 0.326 e. The standard InChI is InChI=1S/C15H12Cl3NO/c16-10-4-6-11(7-5-10)19-15(20)9-8-12-13(17)2-1-3-14(12)18/h1-7H,8-9H2,(H,19,20). The SMILES string of the molecule is O=C(CCc1c(Cl)cccc1Cl)Nc1ccc(Cl)cc1. The molecule has 0 saturated carbocycles. The van der Waals surface area contributed by atoms with Crippen molar-refractivity contribution in [2.24, 2.45) is 0 Å². The lowest BCUT2D eigenvalue weighted by Gasteiger charge is -2.08. The fraction of sp³-hybridized carbons (Fsp3) is 0.133. The average molecular weight is 329 g/mol. The zero-order valence-electron chi connectivity index (χ0n) is 10.5. The molecule has 0 radical (unpaired) electrons. The van der Waals surface area contributed by atoms with Crippen molar-refractivity contribution in [3.63, 3.8) is 0 Å². The van der Waals surface area contributed by atoms with Crippen molar-refractivity contribution in [1.29, 1.82) is 0 Å². The number of anilines is 1. The number of benzene rings is 2. The van der Waals surface area contributed by atoms with Crippen LogP contribution in [-0.4, -0.2) is 5.91 Å². The van der Waals surface area contributed by atoms with Crippen molar-refractivity contribution in [2.45, 2.75) is 12.8 Å². The van der Waals surface area contributed by atoms with Crippen LogP contribution in [0.15, 0.2) is 42.5 Å². The zero-order chi connectivity index (χ0) is 14.5. The maximum atomic E-state index is 11.9. The van der Waals surface area contributed by atoms with Crippen LogP contribution in [0.5, 0.6) is 0 Å². The molecule has 104 valence electrons. The van der Waals surface area contributed by atoms with Gasteiger partial charge in [-0.25, -0.2) is 0 Å². The summed E-state index contributed by atoms with van der Waals surface area (Å²) in [6.45, 7) is 0. The van der Waals surface area contributed by atoms with E-state index in [-0.39, 0.29) is 5.91 Å². The Balaban J connectivity index is 1.94. The highest BCUT2D eigenvalue weighted by Gasteiger charge is 2.08. The molecule has 5 heteroatoms. The molecule has 2 rings (SSSR count). The highest BCUT2D eigenvalue weighted by molar-refractivity contribution is 6.36. The topological polar surface area (TPSA) is 29.1 Å². The summed E-state index contributed by atoms with van der Waals surface area (Å²) in [5.74, 6) is -0.0942. The molecule has 0 aliphatic rings. The lowest BCUT2D eigenvalue weighted by Crippen LogP contribution is -2.12. The van der Waals surface area contributed by atoms with Crippen molar-refractivity contribution in [3.05, 3.63) is 63.1 Å². The monoisotopic (exact) mass is 327 g/mol. The normalized spacial score (nSPS) is 10.3. The molecule has 0 bridgehead atoms. The van der Waals surface area contributed by atoms with Crippen molar-refractivity contribution in [2.75, 3.05) is 5.32 Å². The van der Waals surface area contributed by atoms with Crippen LogP contribution in [0.2, 0.25) is 15.1 Å². The average Bonchev–Trinajstić information content (AvgIpc) is 2.41. The van der Waals surface area contributed by atoms with Gasteiger partial charge in [-0.2, -0.15) is 0 Å². The molecular formula is C15H12Cl3NO. The smallest absolute Gasteiger partial charge is 0.224 e. The van der Waals surface area contributed by atoms with Gasteiger partial charge in [-0.15, -0.1) is 0 Å². The molecule has 2 aromatic rings. The fourth-order valence-electron chi connectivity index (χ4n) is 1.77. The molecule has 20 heavy (non-hydrogen) atoms. The number of carbonyl (C=O) groups is 1. The van der Waals surface area contributed by atoms with E-state index in [0.717, 1.165) is 5.56 Å². The summed E-state index contributed by atoms with van der Waals surface area (Å²) >= 11 is 17.9. The molecule has 0 atom stereocenters. The third-order valence-electron chi connectivity index (χ3n) is 2.79. The maximum absolute atomic E-state index is 11.9. The predicted molar refractivity (Wildman–Crippen MR) is 84.9 cm³/mol. The van der Waals surface area contributed by atoms with Gasteiger partial charge < -0.3 is 5.32 Å². The molecule has 2 aromatic carbocycles. The van der Waals surface area contributed by atoms with Gasteiger partial charge in [-0.3, -0.25) is 4.79 Å². The third-order valence-corrected chi connectivity index (χ3v) is 3.75. The quantitative estimate of drug-likeness (QED) is 0.819. The van der Waals surface area contributed by atoms with Gasteiger partial charge in [0.1, 0.15) is 0 Å². The Morgan fingerprint density at radius 3 is 2.15 bits per heavy atom. The Morgan fingerprint density at radius 1 is 0.950 bits per heavy atom. The van der Waals surface area contributed by atoms with Crippen molar-refractivity contribution >= 4 is 46.4 Å². The lowest BCUT2D eigenvalue weighted by atomic mass is 10.1. The second kappa shape index (κ2) is 6.98. The Hall–Kier alpha value is -1.22. The minimum Gasteiger partial charge on any atom is -0.326 e. The first kappa shape index (κ1) is 15.2. The fourth-order valence-corrected chi connectivity index (χ4v) is 2.48. The van der Waals surface area contributed by atoms with Gasteiger partial charge in [0, 0.05) is 27.2 Å². The molecule has 0 aliphatic heterocycles. The Morgan fingerprint density at radius 2 is 1.55 bits per heavy atom. The Kier molecular flexibility index (Phi) is 5.30. The van der Waals surface area contributed by atoms with Crippen LogP contribution < -0.4 is 5.32 Å². The molecule has 0 unspecified atom stereocenters. The number of hydrogen-bond acceptors (Lipinski definition) is 1. The van der Waals surface area contributed by atoms with E-state index < -0.39 is 0 Å². The molecule has 2 nitrogen and oxygen atoms in total. The van der Waals surface area contributed by atoms with E-state index in [1.165, 1.54) is 0 Å². The van der Waals surface area contributed by atoms with Crippen LogP contribution in [0.4, 0.5) is 5.69 Å². The molecule has 0 aromatic heterocycles. The minimum absolute atomic E-state index is 0.0942. The molecule has 0 aliphatic carbocycles. The van der Waals surface area contributed by atoms with Gasteiger partial charge in [0.2, 0.25) is 5.91 Å².